The molecule has 9 heteroatoms. The van der Waals surface area contributed by atoms with E-state index in [9.17, 15) is 14.4 Å². The first-order valence-corrected chi connectivity index (χ1v) is 10.8. The maximum Gasteiger partial charge on any atom is 0.316 e. The lowest BCUT2D eigenvalue weighted by atomic mass is 10.0. The molecule has 3 rings (SSSR count). The van der Waals surface area contributed by atoms with Crippen molar-refractivity contribution in [3.05, 3.63) is 66.0 Å². The lowest BCUT2D eigenvalue weighted by Crippen LogP contribution is -2.30. The van der Waals surface area contributed by atoms with Gasteiger partial charge in [0.15, 0.2) is 5.69 Å². The SMILES string of the molecule is CCN(CC)C(=O)CCc1cccc(-c2ccc(-n3cc(NC(N)=O)c(C(N)=O)n3)cc2)c1. The molecule has 1 heterocycles. The molecule has 172 valence electrons. The summed E-state index contributed by atoms with van der Waals surface area (Å²) in [4.78, 5) is 36.9. The summed E-state index contributed by atoms with van der Waals surface area (Å²) in [6.45, 7) is 5.41. The van der Waals surface area contributed by atoms with Gasteiger partial charge in [-0.1, -0.05) is 36.4 Å². The van der Waals surface area contributed by atoms with Crippen LogP contribution in [0.4, 0.5) is 10.5 Å². The number of hydrogen-bond acceptors (Lipinski definition) is 4. The molecule has 9 nitrogen and oxygen atoms in total. The van der Waals surface area contributed by atoms with Crippen molar-refractivity contribution in [2.45, 2.75) is 26.7 Å². The van der Waals surface area contributed by atoms with E-state index >= 15 is 0 Å². The van der Waals surface area contributed by atoms with Gasteiger partial charge >= 0.3 is 6.03 Å². The zero-order chi connectivity index (χ0) is 24.0. The number of aromatic nitrogens is 2. The molecule has 2 aromatic carbocycles. The minimum Gasteiger partial charge on any atom is -0.364 e. The Labute approximate surface area is 192 Å². The molecule has 5 N–H and O–H groups in total. The normalized spacial score (nSPS) is 10.6. The number of hydrogen-bond donors (Lipinski definition) is 3. The second-order valence-electron chi connectivity index (χ2n) is 7.50. The summed E-state index contributed by atoms with van der Waals surface area (Å²) in [6, 6.07) is 14.8. The zero-order valence-electron chi connectivity index (χ0n) is 18.7. The number of carbonyl (C=O) groups is 3. The Kier molecular flexibility index (Phi) is 7.45. The molecule has 0 aliphatic rings. The number of nitrogens with zero attached hydrogens (tertiary/aromatic N) is 3. The molecule has 0 saturated carbocycles. The second kappa shape index (κ2) is 10.4. The maximum atomic E-state index is 12.3. The van der Waals surface area contributed by atoms with Crippen LogP contribution in [0.25, 0.3) is 16.8 Å². The van der Waals surface area contributed by atoms with E-state index in [1.165, 1.54) is 10.9 Å². The van der Waals surface area contributed by atoms with Crippen LogP contribution in [-0.4, -0.2) is 45.6 Å². The van der Waals surface area contributed by atoms with Crippen LogP contribution in [0.3, 0.4) is 0 Å². The number of nitrogens with one attached hydrogen (secondary N) is 1. The van der Waals surface area contributed by atoms with Gasteiger partial charge < -0.3 is 21.7 Å². The molecule has 33 heavy (non-hydrogen) atoms. The predicted octanol–water partition coefficient (Wildman–Crippen LogP) is 2.93. The van der Waals surface area contributed by atoms with Gasteiger partial charge in [0.1, 0.15) is 0 Å². The summed E-state index contributed by atoms with van der Waals surface area (Å²) in [5.41, 5.74) is 14.4. The molecule has 0 fully saturated rings. The molecule has 0 aliphatic carbocycles. The highest BCUT2D eigenvalue weighted by Gasteiger charge is 2.16. The van der Waals surface area contributed by atoms with Crippen molar-refractivity contribution in [3.63, 3.8) is 0 Å². The average molecular weight is 449 g/mol. The standard InChI is InChI=1S/C24H28N6O3/c1-3-29(4-2)21(31)13-8-16-6-5-7-18(14-16)17-9-11-19(12-10-17)30-15-20(27-24(26)33)22(28-30)23(25)32/h5-7,9-12,14-15H,3-4,8,13H2,1-2H3,(H2,25,32)(H3,26,27,33). The van der Waals surface area contributed by atoms with Gasteiger partial charge in [-0.25, -0.2) is 9.48 Å². The topological polar surface area (TPSA) is 136 Å². The van der Waals surface area contributed by atoms with Crippen molar-refractivity contribution in [1.82, 2.24) is 14.7 Å². The second-order valence-corrected chi connectivity index (χ2v) is 7.50. The molecule has 4 amide bonds. The first-order valence-electron chi connectivity index (χ1n) is 10.8. The van der Waals surface area contributed by atoms with Gasteiger partial charge in [-0.15, -0.1) is 0 Å². The first kappa shape index (κ1) is 23.5. The van der Waals surface area contributed by atoms with E-state index in [0.717, 1.165) is 29.8 Å². The molecular formula is C24H28N6O3. The Morgan fingerprint density at radius 2 is 1.70 bits per heavy atom. The molecular weight excluding hydrogens is 420 g/mol. The Balaban J connectivity index is 1.77. The van der Waals surface area contributed by atoms with Crippen molar-refractivity contribution in [1.29, 1.82) is 0 Å². The number of carbonyl (C=O) groups excluding carboxylic acids is 3. The molecule has 0 radical (unpaired) electrons. The number of rotatable bonds is 9. The van der Waals surface area contributed by atoms with Gasteiger partial charge in [-0.2, -0.15) is 5.10 Å². The highest BCUT2D eigenvalue weighted by Crippen LogP contribution is 2.24. The van der Waals surface area contributed by atoms with Crippen LogP contribution in [0.5, 0.6) is 0 Å². The Hall–Kier alpha value is -4.14. The number of primary amides is 2. The van der Waals surface area contributed by atoms with Crippen molar-refractivity contribution < 1.29 is 14.4 Å². The van der Waals surface area contributed by atoms with Gasteiger partial charge in [-0.05, 0) is 49.1 Å². The minimum atomic E-state index is -0.814. The lowest BCUT2D eigenvalue weighted by Gasteiger charge is -2.18. The highest BCUT2D eigenvalue weighted by atomic mass is 16.2. The van der Waals surface area contributed by atoms with Crippen molar-refractivity contribution >= 4 is 23.5 Å². The number of nitrogens with two attached hydrogens (primary N) is 2. The highest BCUT2D eigenvalue weighted by molar-refractivity contribution is 6.00. The van der Waals surface area contributed by atoms with Gasteiger partial charge in [0, 0.05) is 19.5 Å². The van der Waals surface area contributed by atoms with Crippen LogP contribution < -0.4 is 16.8 Å². The van der Waals surface area contributed by atoms with Crippen LogP contribution in [0.15, 0.2) is 54.7 Å². The van der Waals surface area contributed by atoms with Crippen molar-refractivity contribution in [2.24, 2.45) is 11.5 Å². The van der Waals surface area contributed by atoms with Crippen LogP contribution in [0.1, 0.15) is 36.3 Å². The van der Waals surface area contributed by atoms with Crippen LogP contribution >= 0.6 is 0 Å². The fourth-order valence-electron chi connectivity index (χ4n) is 3.61. The van der Waals surface area contributed by atoms with E-state index in [2.05, 4.69) is 16.5 Å². The van der Waals surface area contributed by atoms with Gasteiger partial charge in [0.25, 0.3) is 5.91 Å². The van der Waals surface area contributed by atoms with E-state index in [0.29, 0.717) is 18.5 Å². The fourth-order valence-corrected chi connectivity index (χ4v) is 3.61. The molecule has 1 aromatic heterocycles. The molecule has 3 aromatic rings. The van der Waals surface area contributed by atoms with Gasteiger partial charge in [0.2, 0.25) is 5.91 Å². The molecule has 0 bridgehead atoms. The van der Waals surface area contributed by atoms with E-state index in [4.69, 9.17) is 11.5 Å². The van der Waals surface area contributed by atoms with Crippen molar-refractivity contribution in [2.75, 3.05) is 18.4 Å². The quantitative estimate of drug-likeness (QED) is 0.463. The molecule has 0 spiro atoms. The van der Waals surface area contributed by atoms with E-state index in [-0.39, 0.29) is 17.3 Å². The predicted molar refractivity (Wildman–Crippen MR) is 127 cm³/mol. The number of anilines is 1. The average Bonchev–Trinajstić information content (AvgIpc) is 3.22. The Morgan fingerprint density at radius 3 is 2.30 bits per heavy atom. The van der Waals surface area contributed by atoms with Crippen LogP contribution in [0, 0.1) is 0 Å². The summed E-state index contributed by atoms with van der Waals surface area (Å²) in [7, 11) is 0. The fraction of sp³-hybridized carbons (Fsp3) is 0.250. The van der Waals surface area contributed by atoms with E-state index in [1.54, 1.807) is 0 Å². The summed E-state index contributed by atoms with van der Waals surface area (Å²) in [6.07, 6.45) is 2.64. The van der Waals surface area contributed by atoms with Gasteiger partial charge in [0.05, 0.1) is 17.6 Å². The number of amides is 4. The lowest BCUT2D eigenvalue weighted by molar-refractivity contribution is -0.130. The molecule has 0 atom stereocenters. The number of benzene rings is 2. The third-order valence-electron chi connectivity index (χ3n) is 5.34. The Morgan fingerprint density at radius 1 is 1.00 bits per heavy atom. The molecule has 0 unspecified atom stereocenters. The summed E-state index contributed by atoms with van der Waals surface area (Å²) in [5.74, 6) is -0.611. The summed E-state index contributed by atoms with van der Waals surface area (Å²) >= 11 is 0. The minimum absolute atomic E-state index is 0.0789. The third-order valence-corrected chi connectivity index (χ3v) is 5.34. The number of aryl methyl sites for hydroxylation is 1. The Bertz CT molecular complexity index is 1150. The summed E-state index contributed by atoms with van der Waals surface area (Å²) in [5, 5.41) is 6.50. The van der Waals surface area contributed by atoms with E-state index < -0.39 is 11.9 Å². The first-order chi connectivity index (χ1) is 15.8. The van der Waals surface area contributed by atoms with E-state index in [1.807, 2.05) is 61.2 Å². The molecule has 0 saturated heterocycles. The van der Waals surface area contributed by atoms with Crippen LogP contribution in [0.2, 0.25) is 0 Å². The zero-order valence-corrected chi connectivity index (χ0v) is 18.7. The maximum absolute atomic E-state index is 12.3. The monoisotopic (exact) mass is 448 g/mol. The third kappa shape index (κ3) is 5.76. The number of urea groups is 1. The molecule has 0 aliphatic heterocycles. The van der Waals surface area contributed by atoms with Crippen LogP contribution in [-0.2, 0) is 11.2 Å². The van der Waals surface area contributed by atoms with Gasteiger partial charge in [-0.3, -0.25) is 9.59 Å². The van der Waals surface area contributed by atoms with Crippen molar-refractivity contribution in [3.8, 4) is 16.8 Å². The largest absolute Gasteiger partial charge is 0.364 e. The summed E-state index contributed by atoms with van der Waals surface area (Å²) < 4.78 is 1.45. The smallest absolute Gasteiger partial charge is 0.316 e.